The van der Waals surface area contributed by atoms with Crippen LogP contribution in [0.2, 0.25) is 0 Å². The summed E-state index contributed by atoms with van der Waals surface area (Å²) in [7, 11) is 1.59. The maximum absolute atomic E-state index is 12.8. The summed E-state index contributed by atoms with van der Waals surface area (Å²) in [5.74, 6) is -0.0208. The number of methoxy groups -OCH3 is 1. The maximum atomic E-state index is 12.8. The van der Waals surface area contributed by atoms with Gasteiger partial charge in [-0.2, -0.15) is 0 Å². The zero-order valence-corrected chi connectivity index (χ0v) is 43.4. The highest BCUT2D eigenvalue weighted by atomic mass is 16.5. The minimum atomic E-state index is -0.818. The Morgan fingerprint density at radius 2 is 0.865 bits per heavy atom. The van der Waals surface area contributed by atoms with Gasteiger partial charge in [0.1, 0.15) is 59.0 Å². The third-order valence-electron chi connectivity index (χ3n) is 10.5. The lowest BCUT2D eigenvalue weighted by Gasteiger charge is -2.18. The molecule has 16 nitrogen and oxygen atoms in total. The molecule has 0 heterocycles. The molecule has 2 unspecified atom stereocenters. The molecule has 5 rings (SSSR count). The standard InChI is InChI=1S/C26H27NO5.C22H25NO6.C6H10O2.C4H8O/c1-31-23-14-9-20(10-15-23)17-24(26(30)32-18-21-5-3-2-4-6-21)27-25(29)16-11-19-7-12-22(28)13-8-19;1-3-28-22(27)20(14-17-6-11-19(12-7-17)29-15(2)24)23-21(26)13-8-16-4-9-18(25)10-5-16;1-5(7)3-4-6(2)8;1-3-4(2)5/h2-10,12-15,24,28H,11,16-18H2,1H3,(H,27,29);4-7,9-12,20,25H,3,8,13-14H2,1-2H3,(H,23,26);3-4H2,1-2H3;3H2,1-2H3. The van der Waals surface area contributed by atoms with Crippen molar-refractivity contribution in [2.45, 2.75) is 118 Å². The van der Waals surface area contributed by atoms with E-state index in [1.807, 2.05) is 61.5 Å². The van der Waals surface area contributed by atoms with E-state index in [9.17, 15) is 48.6 Å². The van der Waals surface area contributed by atoms with Gasteiger partial charge in [0.05, 0.1) is 13.7 Å². The number of hydrogen-bond acceptors (Lipinski definition) is 14. The number of ether oxygens (including phenoxy) is 4. The molecular weight excluding hydrogens is 949 g/mol. The lowest BCUT2D eigenvalue weighted by molar-refractivity contribution is -0.149. The molecule has 16 heteroatoms. The third-order valence-corrected chi connectivity index (χ3v) is 10.5. The van der Waals surface area contributed by atoms with Gasteiger partial charge >= 0.3 is 17.9 Å². The molecule has 0 aliphatic carbocycles. The number of esters is 3. The molecule has 0 fully saturated rings. The Hall–Kier alpha value is -8.14. The van der Waals surface area contributed by atoms with Gasteiger partial charge in [-0.15, -0.1) is 0 Å². The maximum Gasteiger partial charge on any atom is 0.329 e. The van der Waals surface area contributed by atoms with Gasteiger partial charge in [0.25, 0.3) is 0 Å². The zero-order chi connectivity index (χ0) is 54.8. The second-order valence-corrected chi connectivity index (χ2v) is 16.9. The van der Waals surface area contributed by atoms with Crippen LogP contribution in [0, 0.1) is 0 Å². The summed E-state index contributed by atoms with van der Waals surface area (Å²) in [6.07, 6.45) is 3.43. The Morgan fingerprint density at radius 3 is 1.23 bits per heavy atom. The van der Waals surface area contributed by atoms with Crippen molar-refractivity contribution < 1.29 is 67.5 Å². The fourth-order valence-corrected chi connectivity index (χ4v) is 6.28. The number of aryl methyl sites for hydroxylation is 2. The van der Waals surface area contributed by atoms with E-state index < -0.39 is 30.0 Å². The predicted octanol–water partition coefficient (Wildman–Crippen LogP) is 8.28. The predicted molar refractivity (Wildman–Crippen MR) is 279 cm³/mol. The first-order chi connectivity index (χ1) is 35.3. The quantitative estimate of drug-likeness (QED) is 0.0356. The Bertz CT molecular complexity index is 2500. The average molecular weight is 1020 g/mol. The molecule has 0 spiro atoms. The van der Waals surface area contributed by atoms with Crippen LogP contribution >= 0.6 is 0 Å². The van der Waals surface area contributed by atoms with Crippen molar-refractivity contribution in [1.82, 2.24) is 10.6 Å². The highest BCUT2D eigenvalue weighted by molar-refractivity contribution is 5.86. The Labute approximate surface area is 433 Å². The number of hydrogen-bond donors (Lipinski definition) is 4. The number of carbonyl (C=O) groups is 8. The van der Waals surface area contributed by atoms with E-state index in [0.717, 1.165) is 33.6 Å². The summed E-state index contributed by atoms with van der Waals surface area (Å²) in [6, 6.07) is 35.2. The van der Waals surface area contributed by atoms with Gasteiger partial charge < -0.3 is 54.2 Å². The summed E-state index contributed by atoms with van der Waals surface area (Å²) in [4.78, 5) is 91.2. The van der Waals surface area contributed by atoms with E-state index in [4.69, 9.17) is 18.9 Å². The molecule has 2 amide bonds. The molecule has 0 aliphatic rings. The minimum Gasteiger partial charge on any atom is -0.508 e. The Morgan fingerprint density at radius 1 is 0.473 bits per heavy atom. The van der Waals surface area contributed by atoms with Crippen molar-refractivity contribution in [3.8, 4) is 23.0 Å². The number of ketones is 3. The SMILES string of the molecule is CC(=O)CCC(C)=O.CCC(C)=O.CCOC(=O)C(Cc1ccc(OC(C)=O)cc1)NC(=O)CCc1ccc(O)cc1.COc1ccc(CC(NC(=O)CCc2ccc(O)cc2)C(=O)OCc2ccccc2)cc1. The molecule has 0 aromatic heterocycles. The molecule has 396 valence electrons. The molecule has 0 bridgehead atoms. The zero-order valence-electron chi connectivity index (χ0n) is 43.4. The van der Waals surface area contributed by atoms with Crippen LogP contribution < -0.4 is 20.1 Å². The van der Waals surface area contributed by atoms with E-state index in [-0.39, 0.29) is 73.1 Å². The highest BCUT2D eigenvalue weighted by Crippen LogP contribution is 2.17. The topological polar surface area (TPSA) is 238 Å². The summed E-state index contributed by atoms with van der Waals surface area (Å²) in [5.41, 5.74) is 4.38. The first kappa shape index (κ1) is 62.0. The van der Waals surface area contributed by atoms with Crippen molar-refractivity contribution >= 4 is 47.1 Å². The van der Waals surface area contributed by atoms with Gasteiger partial charge in [0.2, 0.25) is 11.8 Å². The third kappa shape index (κ3) is 28.0. The van der Waals surface area contributed by atoms with Gasteiger partial charge in [-0.25, -0.2) is 9.59 Å². The molecule has 2 atom stereocenters. The van der Waals surface area contributed by atoms with Crippen molar-refractivity contribution in [3.05, 3.63) is 155 Å². The van der Waals surface area contributed by atoms with Gasteiger partial charge in [-0.1, -0.05) is 85.8 Å². The molecule has 0 saturated heterocycles. The summed E-state index contributed by atoms with van der Waals surface area (Å²) in [6.45, 7) is 9.79. The average Bonchev–Trinajstić information content (AvgIpc) is 3.38. The fraction of sp³-hybridized carbons (Fsp3) is 0.345. The van der Waals surface area contributed by atoms with E-state index in [0.29, 0.717) is 44.3 Å². The van der Waals surface area contributed by atoms with Crippen LogP contribution in [0.15, 0.2) is 127 Å². The summed E-state index contributed by atoms with van der Waals surface area (Å²) in [5, 5.41) is 24.2. The normalized spacial score (nSPS) is 10.9. The van der Waals surface area contributed by atoms with E-state index in [2.05, 4.69) is 10.6 Å². The number of aromatic hydroxyl groups is 2. The van der Waals surface area contributed by atoms with Gasteiger partial charge in [-0.05, 0) is 117 Å². The Kier molecular flexibility index (Phi) is 29.4. The van der Waals surface area contributed by atoms with Crippen LogP contribution in [0.1, 0.15) is 101 Å². The smallest absolute Gasteiger partial charge is 0.329 e. The monoisotopic (exact) mass is 1020 g/mol. The van der Waals surface area contributed by atoms with Gasteiger partial charge in [-0.3, -0.25) is 14.4 Å². The lowest BCUT2D eigenvalue weighted by atomic mass is 10.0. The van der Waals surface area contributed by atoms with Crippen LogP contribution in [-0.2, 0) is 80.1 Å². The largest absolute Gasteiger partial charge is 0.508 e. The molecule has 0 saturated carbocycles. The number of benzene rings is 5. The minimum absolute atomic E-state index is 0.0835. The first-order valence-corrected chi connectivity index (χ1v) is 24.2. The van der Waals surface area contributed by atoms with Crippen LogP contribution in [0.3, 0.4) is 0 Å². The highest BCUT2D eigenvalue weighted by Gasteiger charge is 2.24. The number of phenols is 2. The molecule has 5 aromatic rings. The first-order valence-electron chi connectivity index (χ1n) is 24.2. The van der Waals surface area contributed by atoms with Gasteiger partial charge in [0, 0.05) is 51.9 Å². The number of rotatable bonds is 23. The van der Waals surface area contributed by atoms with Crippen LogP contribution in [-0.4, -0.2) is 83.1 Å². The van der Waals surface area contributed by atoms with Crippen LogP contribution in [0.4, 0.5) is 0 Å². The molecule has 5 aromatic carbocycles. The van der Waals surface area contributed by atoms with Gasteiger partial charge in [0.15, 0.2) is 0 Å². The van der Waals surface area contributed by atoms with E-state index >= 15 is 0 Å². The summed E-state index contributed by atoms with van der Waals surface area (Å²) < 4.78 is 20.7. The Balaban J connectivity index is 0.000000410. The number of amides is 2. The van der Waals surface area contributed by atoms with Crippen LogP contribution in [0.25, 0.3) is 0 Å². The van der Waals surface area contributed by atoms with Crippen molar-refractivity contribution in [1.29, 1.82) is 0 Å². The molecule has 0 aliphatic heterocycles. The van der Waals surface area contributed by atoms with Crippen LogP contribution in [0.5, 0.6) is 23.0 Å². The molecule has 4 N–H and O–H groups in total. The lowest BCUT2D eigenvalue weighted by Crippen LogP contribution is -2.43. The van der Waals surface area contributed by atoms with E-state index in [1.54, 1.807) is 93.8 Å². The van der Waals surface area contributed by atoms with Crippen molar-refractivity contribution in [3.63, 3.8) is 0 Å². The van der Waals surface area contributed by atoms with E-state index in [1.165, 1.54) is 20.8 Å². The second kappa shape index (κ2) is 35.1. The number of nitrogens with one attached hydrogen (secondary N) is 2. The molecule has 74 heavy (non-hydrogen) atoms. The molecule has 0 radical (unpaired) electrons. The van der Waals surface area contributed by atoms with Crippen molar-refractivity contribution in [2.75, 3.05) is 13.7 Å². The summed E-state index contributed by atoms with van der Waals surface area (Å²) >= 11 is 0. The number of phenolic OH excluding ortho intramolecular Hbond substituents is 2. The fourth-order valence-electron chi connectivity index (χ4n) is 6.28. The molecular formula is C58H70N2O14. The number of Topliss-reactive ketones (excluding diaryl/α,β-unsaturated/α-hetero) is 3. The number of carbonyl (C=O) groups excluding carboxylic acids is 8. The second-order valence-electron chi connectivity index (χ2n) is 16.9. The van der Waals surface area contributed by atoms with Crippen molar-refractivity contribution in [2.24, 2.45) is 0 Å².